The van der Waals surface area contributed by atoms with Crippen LogP contribution in [0.3, 0.4) is 0 Å². The fourth-order valence-corrected chi connectivity index (χ4v) is 3.43. The smallest absolute Gasteiger partial charge is 0.457 e. The van der Waals surface area contributed by atoms with Gasteiger partial charge in [-0.15, -0.1) is 0 Å². The summed E-state index contributed by atoms with van der Waals surface area (Å²) in [6.07, 6.45) is 2.48. The second-order valence-electron chi connectivity index (χ2n) is 7.68. The first-order chi connectivity index (χ1) is 15.3. The number of hydrogen-bond acceptors (Lipinski definition) is 5. The molecule has 1 heterocycles. The van der Waals surface area contributed by atoms with E-state index in [4.69, 9.17) is 4.74 Å². The molecule has 1 unspecified atom stereocenters. The highest BCUT2D eigenvalue weighted by Gasteiger charge is 2.60. The maximum absolute atomic E-state index is 12.9. The number of nitrogens with one attached hydrogen (secondary N) is 1. The molecule has 0 fully saturated rings. The van der Waals surface area contributed by atoms with E-state index >= 15 is 0 Å². The van der Waals surface area contributed by atoms with Gasteiger partial charge in [0.05, 0.1) is 12.1 Å². The van der Waals surface area contributed by atoms with Gasteiger partial charge >= 0.3 is 12.0 Å². The summed E-state index contributed by atoms with van der Waals surface area (Å²) in [6.45, 7) is 1.15. The number of para-hydroxylation sites is 1. The van der Waals surface area contributed by atoms with E-state index in [0.717, 1.165) is 35.5 Å². The van der Waals surface area contributed by atoms with Crippen LogP contribution in [0.2, 0.25) is 0 Å². The van der Waals surface area contributed by atoms with Crippen molar-refractivity contribution in [1.29, 1.82) is 0 Å². The molecule has 0 saturated carbocycles. The third-order valence-electron chi connectivity index (χ3n) is 5.25. The summed E-state index contributed by atoms with van der Waals surface area (Å²) in [6, 6.07) is 14.8. The number of nitrogens with zero attached hydrogens (tertiary/aromatic N) is 1. The van der Waals surface area contributed by atoms with Gasteiger partial charge in [0.1, 0.15) is 11.5 Å². The number of hydrogen-bond donors (Lipinski definition) is 2. The maximum atomic E-state index is 12.9. The van der Waals surface area contributed by atoms with Gasteiger partial charge in [-0.05, 0) is 42.2 Å². The van der Waals surface area contributed by atoms with E-state index in [1.807, 2.05) is 30.3 Å². The second-order valence-corrected chi connectivity index (χ2v) is 7.68. The molecule has 32 heavy (non-hydrogen) atoms. The summed E-state index contributed by atoms with van der Waals surface area (Å²) in [4.78, 5) is 4.27. The lowest BCUT2D eigenvalue weighted by atomic mass is 10.0. The molecule has 1 atom stereocenters. The van der Waals surface area contributed by atoms with Crippen molar-refractivity contribution in [3.63, 3.8) is 0 Å². The molecule has 0 aromatic heterocycles. The molecule has 0 amide bonds. The number of benzene rings is 2. The summed E-state index contributed by atoms with van der Waals surface area (Å²) in [7, 11) is 0. The highest BCUT2D eigenvalue weighted by atomic mass is 19.4. The van der Waals surface area contributed by atoms with Crippen molar-refractivity contribution in [3.8, 4) is 5.75 Å². The van der Waals surface area contributed by atoms with Crippen molar-refractivity contribution in [3.05, 3.63) is 89.2 Å². The zero-order chi connectivity index (χ0) is 22.6. The normalized spacial score (nSPS) is 20.5. The Hall–Kier alpha value is -3.10. The molecule has 0 radical (unpaired) electrons. The average molecular weight is 444 g/mol. The predicted molar refractivity (Wildman–Crippen MR) is 114 cm³/mol. The molecule has 2 aromatic rings. The van der Waals surface area contributed by atoms with Crippen LogP contribution in [0, 0.1) is 0 Å². The number of alkyl halides is 3. The minimum atomic E-state index is -4.91. The van der Waals surface area contributed by atoms with Crippen LogP contribution >= 0.6 is 0 Å². The van der Waals surface area contributed by atoms with Crippen LogP contribution in [-0.2, 0) is 17.9 Å². The molecule has 1 aliphatic carbocycles. The molecule has 8 heteroatoms. The van der Waals surface area contributed by atoms with Gasteiger partial charge in [-0.1, -0.05) is 53.7 Å². The first kappa shape index (κ1) is 22.1. The van der Waals surface area contributed by atoms with Gasteiger partial charge in [-0.25, -0.2) is 0 Å². The van der Waals surface area contributed by atoms with Crippen molar-refractivity contribution in [1.82, 2.24) is 5.32 Å². The van der Waals surface area contributed by atoms with Crippen LogP contribution in [0.5, 0.6) is 5.75 Å². The lowest BCUT2D eigenvalue weighted by Gasteiger charge is -2.22. The minimum absolute atomic E-state index is 0.0569. The van der Waals surface area contributed by atoms with Gasteiger partial charge in [-0.2, -0.15) is 13.2 Å². The highest BCUT2D eigenvalue weighted by Crippen LogP contribution is 2.38. The Morgan fingerprint density at radius 2 is 1.84 bits per heavy atom. The zero-order valence-electron chi connectivity index (χ0n) is 17.2. The van der Waals surface area contributed by atoms with E-state index in [0.29, 0.717) is 18.7 Å². The summed E-state index contributed by atoms with van der Waals surface area (Å²) < 4.78 is 44.6. The lowest BCUT2D eigenvalue weighted by molar-refractivity contribution is -0.355. The average Bonchev–Trinajstić information content (AvgIpc) is 3.20. The van der Waals surface area contributed by atoms with Crippen LogP contribution < -0.4 is 10.1 Å². The molecule has 0 saturated heterocycles. The topological polar surface area (TPSA) is 63.1 Å². The fourth-order valence-electron chi connectivity index (χ4n) is 3.43. The van der Waals surface area contributed by atoms with Crippen LogP contribution in [0.1, 0.15) is 36.0 Å². The summed E-state index contributed by atoms with van der Waals surface area (Å²) in [5.74, 6) is -1.62. The summed E-state index contributed by atoms with van der Waals surface area (Å²) in [5, 5.41) is 16.4. The highest BCUT2D eigenvalue weighted by molar-refractivity contribution is 6.01. The first-order valence-corrected chi connectivity index (χ1v) is 10.3. The number of rotatable bonds is 7. The molecule has 168 valence electrons. The van der Waals surface area contributed by atoms with Gasteiger partial charge in [0.2, 0.25) is 0 Å². The Labute approximate surface area is 183 Å². The van der Waals surface area contributed by atoms with Crippen LogP contribution in [0.4, 0.5) is 13.2 Å². The maximum Gasteiger partial charge on any atom is 0.458 e. The Bertz CT molecular complexity index is 1050. The lowest BCUT2D eigenvalue weighted by Crippen LogP contribution is -2.45. The number of oxime groups is 1. The molecular weight excluding hydrogens is 421 g/mol. The zero-order valence-corrected chi connectivity index (χ0v) is 17.2. The van der Waals surface area contributed by atoms with Crippen LogP contribution in [-0.4, -0.2) is 22.8 Å². The Kier molecular flexibility index (Phi) is 6.34. The van der Waals surface area contributed by atoms with E-state index in [-0.39, 0.29) is 5.71 Å². The quantitative estimate of drug-likeness (QED) is 0.634. The van der Waals surface area contributed by atoms with E-state index in [9.17, 15) is 18.3 Å². The van der Waals surface area contributed by atoms with Crippen molar-refractivity contribution < 1.29 is 27.9 Å². The second kappa shape index (κ2) is 9.18. The molecular formula is C24H23F3N2O3. The van der Waals surface area contributed by atoms with Crippen molar-refractivity contribution in [2.45, 2.75) is 44.3 Å². The molecule has 5 nitrogen and oxygen atoms in total. The van der Waals surface area contributed by atoms with Gasteiger partial charge < -0.3 is 20.0 Å². The van der Waals surface area contributed by atoms with Crippen LogP contribution in [0.25, 0.3) is 0 Å². The monoisotopic (exact) mass is 444 g/mol. The Morgan fingerprint density at radius 1 is 1.06 bits per heavy atom. The molecule has 2 N–H and O–H groups in total. The van der Waals surface area contributed by atoms with Crippen LogP contribution in [0.15, 0.2) is 77.7 Å². The van der Waals surface area contributed by atoms with Gasteiger partial charge in [0, 0.05) is 18.7 Å². The first-order valence-electron chi connectivity index (χ1n) is 10.3. The van der Waals surface area contributed by atoms with Gasteiger partial charge in [-0.3, -0.25) is 0 Å². The third-order valence-corrected chi connectivity index (χ3v) is 5.25. The number of ether oxygens (including phenoxy) is 1. The fraction of sp³-hybridized carbons (Fsp3) is 0.292. The molecule has 2 aromatic carbocycles. The largest absolute Gasteiger partial charge is 0.458 e. The standard InChI is InChI=1S/C24H23F3N2O3/c25-24(26,27)23(30)14-21(29-32-23)18-12-10-17(11-13-18)15-28-16-19-6-4-5-9-22(19)31-20-7-2-1-3-8-20/h2,4-13,28,30H,1,3,14-16H2. The molecule has 1 aliphatic heterocycles. The Balaban J connectivity index is 1.32. The molecule has 4 rings (SSSR count). The van der Waals surface area contributed by atoms with Gasteiger partial charge in [0.15, 0.2) is 0 Å². The summed E-state index contributed by atoms with van der Waals surface area (Å²) in [5.41, 5.74) is 2.51. The minimum Gasteiger partial charge on any atom is -0.457 e. The number of aliphatic hydroxyl groups is 1. The molecule has 2 aliphatic rings. The van der Waals surface area contributed by atoms with E-state index in [1.54, 1.807) is 24.3 Å². The molecule has 0 spiro atoms. The van der Waals surface area contributed by atoms with Crippen molar-refractivity contribution in [2.75, 3.05) is 0 Å². The molecule has 0 bridgehead atoms. The van der Waals surface area contributed by atoms with E-state index in [1.165, 1.54) is 0 Å². The van der Waals surface area contributed by atoms with Crippen molar-refractivity contribution in [2.24, 2.45) is 5.16 Å². The number of allylic oxidation sites excluding steroid dienone is 3. The Morgan fingerprint density at radius 3 is 2.53 bits per heavy atom. The van der Waals surface area contributed by atoms with E-state index in [2.05, 4.69) is 27.5 Å². The predicted octanol–water partition coefficient (Wildman–Crippen LogP) is 4.96. The van der Waals surface area contributed by atoms with Gasteiger partial charge in [0.25, 0.3) is 0 Å². The summed E-state index contributed by atoms with van der Waals surface area (Å²) >= 11 is 0. The van der Waals surface area contributed by atoms with E-state index < -0.39 is 18.4 Å². The third kappa shape index (κ3) is 5.03. The van der Waals surface area contributed by atoms with Crippen molar-refractivity contribution >= 4 is 5.71 Å². The SMILES string of the molecule is OC1(C(F)(F)F)CC(c2ccc(CNCc3ccccc3OC3=CCCC=C3)cc2)=NO1. The number of halogens is 3.